The third-order valence-electron chi connectivity index (χ3n) is 6.32. The van der Waals surface area contributed by atoms with Gasteiger partial charge in [-0.15, -0.1) is 11.3 Å². The fourth-order valence-electron chi connectivity index (χ4n) is 4.34. The third kappa shape index (κ3) is 6.47. The van der Waals surface area contributed by atoms with E-state index in [1.165, 1.54) is 17.4 Å². The van der Waals surface area contributed by atoms with E-state index in [0.717, 1.165) is 17.3 Å². The summed E-state index contributed by atoms with van der Waals surface area (Å²) in [6.07, 6.45) is -4.38. The Morgan fingerprint density at radius 1 is 1.03 bits per heavy atom. The van der Waals surface area contributed by atoms with Crippen molar-refractivity contribution in [2.75, 3.05) is 69.1 Å². The van der Waals surface area contributed by atoms with Crippen molar-refractivity contribution >= 4 is 34.0 Å². The Labute approximate surface area is 212 Å². The molecule has 36 heavy (non-hydrogen) atoms. The summed E-state index contributed by atoms with van der Waals surface area (Å²) in [7, 11) is 0. The third-order valence-corrected chi connectivity index (χ3v) is 7.10. The van der Waals surface area contributed by atoms with Crippen LogP contribution in [0.25, 0.3) is 0 Å². The fraction of sp³-hybridized carbons (Fsp3) is 0.542. The molecule has 2 amide bonds. The second-order valence-electron chi connectivity index (χ2n) is 9.32. The topological polar surface area (TPSA) is 72.0 Å². The number of piperazine rings is 2. The van der Waals surface area contributed by atoms with Crippen molar-refractivity contribution in [1.82, 2.24) is 19.7 Å². The van der Waals surface area contributed by atoms with Gasteiger partial charge in [-0.3, -0.25) is 14.5 Å². The van der Waals surface area contributed by atoms with Crippen LogP contribution in [0.15, 0.2) is 29.6 Å². The Kier molecular flexibility index (Phi) is 8.04. The van der Waals surface area contributed by atoms with E-state index in [-0.39, 0.29) is 24.4 Å². The van der Waals surface area contributed by atoms with Gasteiger partial charge in [0, 0.05) is 69.5 Å². The van der Waals surface area contributed by atoms with Crippen molar-refractivity contribution in [2.24, 2.45) is 0 Å². The number of aromatic nitrogens is 1. The predicted molar refractivity (Wildman–Crippen MR) is 133 cm³/mol. The van der Waals surface area contributed by atoms with Crippen LogP contribution in [0.2, 0.25) is 0 Å². The molecule has 0 spiro atoms. The standard InChI is InChI=1S/C24H31F3N6O2S/c1-17(2)28-23-29-20(16-36-23)22(35)33-8-6-30(7-9-33)15-21(34)32-12-10-31(11-13-32)19-5-3-4-18(14-19)24(25,26)27/h3-5,14,16-17H,6-13,15H2,1-2H3,(H,28,29). The Hall–Kier alpha value is -2.86. The van der Waals surface area contributed by atoms with Gasteiger partial charge in [-0.1, -0.05) is 6.07 Å². The molecule has 0 aliphatic carbocycles. The number of anilines is 2. The predicted octanol–water partition coefficient (Wildman–Crippen LogP) is 3.09. The van der Waals surface area contributed by atoms with Crippen LogP contribution in [-0.4, -0.2) is 96.4 Å². The normalized spacial score (nSPS) is 17.6. The molecule has 1 aromatic carbocycles. The van der Waals surface area contributed by atoms with Crippen LogP contribution in [0.5, 0.6) is 0 Å². The molecule has 2 fully saturated rings. The highest BCUT2D eigenvalue weighted by atomic mass is 32.1. The number of rotatable bonds is 6. The molecular weight excluding hydrogens is 493 g/mol. The zero-order chi connectivity index (χ0) is 25.9. The second-order valence-corrected chi connectivity index (χ2v) is 10.2. The van der Waals surface area contributed by atoms with Crippen molar-refractivity contribution in [1.29, 1.82) is 0 Å². The lowest BCUT2D eigenvalue weighted by Crippen LogP contribution is -2.54. The molecular formula is C24H31F3N6O2S. The second kappa shape index (κ2) is 11.0. The summed E-state index contributed by atoms with van der Waals surface area (Å²) in [6.45, 7) is 8.44. The van der Waals surface area contributed by atoms with Crippen LogP contribution in [-0.2, 0) is 11.0 Å². The number of benzene rings is 1. The van der Waals surface area contributed by atoms with E-state index in [9.17, 15) is 22.8 Å². The number of thiazole rings is 1. The summed E-state index contributed by atoms with van der Waals surface area (Å²) in [5.41, 5.74) is 0.287. The van der Waals surface area contributed by atoms with E-state index in [2.05, 4.69) is 10.3 Å². The quantitative estimate of drug-likeness (QED) is 0.627. The van der Waals surface area contributed by atoms with Crippen LogP contribution in [0.4, 0.5) is 24.0 Å². The summed E-state index contributed by atoms with van der Waals surface area (Å²) in [4.78, 5) is 37.5. The lowest BCUT2D eigenvalue weighted by molar-refractivity contribution is -0.137. The number of carbonyl (C=O) groups is 2. The fourth-order valence-corrected chi connectivity index (χ4v) is 5.17. The highest BCUT2D eigenvalue weighted by Crippen LogP contribution is 2.32. The first-order chi connectivity index (χ1) is 17.1. The van der Waals surface area contributed by atoms with Gasteiger partial charge in [-0.05, 0) is 32.0 Å². The zero-order valence-corrected chi connectivity index (χ0v) is 21.2. The maximum atomic E-state index is 13.0. The lowest BCUT2D eigenvalue weighted by atomic mass is 10.1. The number of halogens is 3. The first kappa shape index (κ1) is 26.2. The molecule has 0 unspecified atom stereocenters. The highest BCUT2D eigenvalue weighted by molar-refractivity contribution is 7.13. The Morgan fingerprint density at radius 3 is 2.33 bits per heavy atom. The monoisotopic (exact) mass is 524 g/mol. The molecule has 2 aliphatic rings. The molecule has 0 atom stereocenters. The van der Waals surface area contributed by atoms with E-state index in [1.807, 2.05) is 23.6 Å². The highest BCUT2D eigenvalue weighted by Gasteiger charge is 2.32. The SMILES string of the molecule is CC(C)Nc1nc(C(=O)N2CCN(CC(=O)N3CCN(c4cccc(C(F)(F)F)c4)CC3)CC2)cs1. The van der Waals surface area contributed by atoms with Crippen LogP contribution >= 0.6 is 11.3 Å². The van der Waals surface area contributed by atoms with Gasteiger partial charge < -0.3 is 20.0 Å². The van der Waals surface area contributed by atoms with E-state index >= 15 is 0 Å². The molecule has 1 aromatic heterocycles. The van der Waals surface area contributed by atoms with Gasteiger partial charge in [0.2, 0.25) is 5.91 Å². The minimum Gasteiger partial charge on any atom is -0.368 e. The first-order valence-electron chi connectivity index (χ1n) is 12.0. The maximum absolute atomic E-state index is 13.0. The van der Waals surface area contributed by atoms with Gasteiger partial charge in [0.05, 0.1) is 12.1 Å². The zero-order valence-electron chi connectivity index (χ0n) is 20.4. The number of nitrogens with one attached hydrogen (secondary N) is 1. The summed E-state index contributed by atoms with van der Waals surface area (Å²) in [5, 5.41) is 5.69. The molecule has 196 valence electrons. The largest absolute Gasteiger partial charge is 0.416 e. The first-order valence-corrected chi connectivity index (χ1v) is 12.9. The molecule has 4 rings (SSSR count). The summed E-state index contributed by atoms with van der Waals surface area (Å²) in [5.74, 6) is -0.0953. The van der Waals surface area contributed by atoms with Crippen molar-refractivity contribution in [3.8, 4) is 0 Å². The van der Waals surface area contributed by atoms with E-state index < -0.39 is 11.7 Å². The lowest BCUT2D eigenvalue weighted by Gasteiger charge is -2.38. The summed E-state index contributed by atoms with van der Waals surface area (Å²) >= 11 is 1.41. The van der Waals surface area contributed by atoms with Gasteiger partial charge in [0.25, 0.3) is 5.91 Å². The molecule has 0 bridgehead atoms. The maximum Gasteiger partial charge on any atom is 0.416 e. The molecule has 2 aliphatic heterocycles. The molecule has 3 heterocycles. The van der Waals surface area contributed by atoms with E-state index in [4.69, 9.17) is 0 Å². The smallest absolute Gasteiger partial charge is 0.368 e. The molecule has 0 radical (unpaired) electrons. The average Bonchev–Trinajstić information content (AvgIpc) is 3.31. The molecule has 2 saturated heterocycles. The van der Waals surface area contributed by atoms with Crippen LogP contribution in [0, 0.1) is 0 Å². The van der Waals surface area contributed by atoms with Crippen molar-refractivity contribution in [3.05, 3.63) is 40.9 Å². The average molecular weight is 525 g/mol. The minimum absolute atomic E-state index is 0.00220. The molecule has 1 N–H and O–H groups in total. The molecule has 0 saturated carbocycles. The van der Waals surface area contributed by atoms with Gasteiger partial charge >= 0.3 is 6.18 Å². The summed E-state index contributed by atoms with van der Waals surface area (Å²) in [6, 6.07) is 5.54. The van der Waals surface area contributed by atoms with Gasteiger partial charge in [0.15, 0.2) is 5.13 Å². The number of nitrogens with zero attached hydrogens (tertiary/aromatic N) is 5. The van der Waals surface area contributed by atoms with Gasteiger partial charge in [-0.25, -0.2) is 4.98 Å². The van der Waals surface area contributed by atoms with Crippen molar-refractivity contribution < 1.29 is 22.8 Å². The number of alkyl halides is 3. The minimum atomic E-state index is -4.38. The van der Waals surface area contributed by atoms with Crippen LogP contribution in [0.1, 0.15) is 29.9 Å². The van der Waals surface area contributed by atoms with Gasteiger partial charge in [0.1, 0.15) is 5.69 Å². The molecule has 8 nitrogen and oxygen atoms in total. The van der Waals surface area contributed by atoms with Crippen LogP contribution in [0.3, 0.4) is 0 Å². The number of carbonyl (C=O) groups excluding carboxylic acids is 2. The molecule has 2 aromatic rings. The van der Waals surface area contributed by atoms with Crippen LogP contribution < -0.4 is 10.2 Å². The molecule has 12 heteroatoms. The summed E-state index contributed by atoms with van der Waals surface area (Å²) < 4.78 is 39.1. The van der Waals surface area contributed by atoms with E-state index in [1.54, 1.807) is 21.2 Å². The Bertz CT molecular complexity index is 1060. The number of hydrogen-bond donors (Lipinski definition) is 1. The number of amides is 2. The Morgan fingerprint density at radius 2 is 1.69 bits per heavy atom. The van der Waals surface area contributed by atoms with Crippen molar-refractivity contribution in [3.63, 3.8) is 0 Å². The Balaban J connectivity index is 1.22. The van der Waals surface area contributed by atoms with Gasteiger partial charge in [-0.2, -0.15) is 13.2 Å². The van der Waals surface area contributed by atoms with E-state index in [0.29, 0.717) is 63.7 Å². The van der Waals surface area contributed by atoms with Crippen molar-refractivity contribution in [2.45, 2.75) is 26.1 Å². The number of hydrogen-bond acceptors (Lipinski definition) is 7.